The van der Waals surface area contributed by atoms with E-state index in [1.165, 1.54) is 12.0 Å². The maximum Gasteiger partial charge on any atom is 0.328 e. The van der Waals surface area contributed by atoms with Gasteiger partial charge < -0.3 is 29.8 Å². The number of fused-ring (bicyclic) bond motifs is 2. The summed E-state index contributed by atoms with van der Waals surface area (Å²) in [6.45, 7) is 2.83. The fourth-order valence-electron chi connectivity index (χ4n) is 4.55. The molecule has 3 aromatic rings. The number of ether oxygens (including phenoxy) is 2. The van der Waals surface area contributed by atoms with Crippen LogP contribution in [0.25, 0.3) is 11.1 Å². The molecule has 0 aliphatic carbocycles. The SMILES string of the molecule is COc1ccc2c(c1)C(=O)N(C[C@@]1(c3cc4ncccc4o3)NC(=O)N(COC(=O)[C@@H](N)C(C)C)C1=O)C2. The number of aromatic nitrogens is 1. The molecule has 38 heavy (non-hydrogen) atoms. The van der Waals surface area contributed by atoms with Crippen LogP contribution in [-0.2, 0) is 26.4 Å². The maximum absolute atomic E-state index is 13.9. The summed E-state index contributed by atoms with van der Waals surface area (Å²) >= 11 is 0. The smallest absolute Gasteiger partial charge is 0.328 e. The second-order valence-electron chi connectivity index (χ2n) is 9.61. The number of carbonyl (C=O) groups excluding carboxylic acids is 4. The molecule has 2 aromatic heterocycles. The third kappa shape index (κ3) is 4.12. The van der Waals surface area contributed by atoms with Gasteiger partial charge in [-0.25, -0.2) is 9.69 Å². The largest absolute Gasteiger partial charge is 0.497 e. The van der Waals surface area contributed by atoms with Crippen molar-refractivity contribution in [1.29, 1.82) is 0 Å². The van der Waals surface area contributed by atoms with E-state index in [4.69, 9.17) is 19.6 Å². The van der Waals surface area contributed by atoms with Crippen molar-refractivity contribution in [1.82, 2.24) is 20.1 Å². The van der Waals surface area contributed by atoms with Gasteiger partial charge in [0.2, 0.25) is 0 Å². The average Bonchev–Trinajstić information content (AvgIpc) is 3.55. The Morgan fingerprint density at radius 2 is 2.03 bits per heavy atom. The van der Waals surface area contributed by atoms with Crippen molar-refractivity contribution in [3.05, 3.63) is 59.5 Å². The molecule has 0 bridgehead atoms. The number of furan rings is 1. The number of methoxy groups -OCH3 is 1. The lowest BCUT2D eigenvalue weighted by Crippen LogP contribution is -2.52. The lowest BCUT2D eigenvalue weighted by atomic mass is 9.95. The number of nitrogens with zero attached hydrogens (tertiary/aromatic N) is 3. The number of urea groups is 1. The first-order chi connectivity index (χ1) is 18.1. The number of benzene rings is 1. The molecule has 4 heterocycles. The van der Waals surface area contributed by atoms with Crippen LogP contribution < -0.4 is 15.8 Å². The molecule has 12 heteroatoms. The van der Waals surface area contributed by atoms with Crippen molar-refractivity contribution < 1.29 is 33.1 Å². The summed E-state index contributed by atoms with van der Waals surface area (Å²) in [5, 5.41) is 2.69. The van der Waals surface area contributed by atoms with Gasteiger partial charge in [0.05, 0.1) is 13.7 Å². The van der Waals surface area contributed by atoms with Crippen LogP contribution in [0.3, 0.4) is 0 Å². The van der Waals surface area contributed by atoms with E-state index in [9.17, 15) is 19.2 Å². The second-order valence-corrected chi connectivity index (χ2v) is 9.61. The van der Waals surface area contributed by atoms with E-state index in [-0.39, 0.29) is 30.7 Å². The van der Waals surface area contributed by atoms with Gasteiger partial charge in [-0.2, -0.15) is 0 Å². The van der Waals surface area contributed by atoms with Crippen LogP contribution in [0.2, 0.25) is 0 Å². The van der Waals surface area contributed by atoms with Gasteiger partial charge >= 0.3 is 12.0 Å². The molecule has 1 saturated heterocycles. The van der Waals surface area contributed by atoms with Crippen molar-refractivity contribution in [2.45, 2.75) is 32.0 Å². The summed E-state index contributed by atoms with van der Waals surface area (Å²) in [4.78, 5) is 59.0. The van der Waals surface area contributed by atoms with Gasteiger partial charge in [-0.1, -0.05) is 19.9 Å². The molecule has 1 aromatic carbocycles. The van der Waals surface area contributed by atoms with Crippen LogP contribution in [-0.4, -0.2) is 65.0 Å². The molecule has 0 unspecified atom stereocenters. The Hall–Kier alpha value is -4.45. The number of esters is 1. The standard InChI is InChI=1S/C26H27N5O7/c1-14(2)21(27)23(33)37-13-31-24(34)26(29-25(31)35,20-10-18-19(38-20)5-4-8-28-18)12-30-11-15-6-7-16(36-3)9-17(15)22(30)32/h4-10,14,21H,11-13,27H2,1-3H3,(H,29,35)/t21-,26-/m0/s1. The Morgan fingerprint density at radius 1 is 1.24 bits per heavy atom. The Bertz CT molecular complexity index is 1420. The van der Waals surface area contributed by atoms with Crippen molar-refractivity contribution in [2.24, 2.45) is 11.7 Å². The molecule has 1 fully saturated rings. The predicted molar refractivity (Wildman–Crippen MR) is 133 cm³/mol. The molecular formula is C26H27N5O7. The minimum Gasteiger partial charge on any atom is -0.497 e. The van der Waals surface area contributed by atoms with Crippen LogP contribution in [0.4, 0.5) is 4.79 Å². The van der Waals surface area contributed by atoms with Crippen molar-refractivity contribution in [3.63, 3.8) is 0 Å². The molecule has 5 rings (SSSR count). The first-order valence-electron chi connectivity index (χ1n) is 12.0. The number of nitrogens with two attached hydrogens (primary N) is 1. The summed E-state index contributed by atoms with van der Waals surface area (Å²) in [5.41, 5.74) is 6.11. The number of nitrogens with one attached hydrogen (secondary N) is 1. The number of rotatable bonds is 8. The van der Waals surface area contributed by atoms with Gasteiger partial charge in [-0.15, -0.1) is 0 Å². The molecule has 2 aliphatic heterocycles. The highest BCUT2D eigenvalue weighted by Gasteiger charge is 2.57. The van der Waals surface area contributed by atoms with Gasteiger partial charge in [-0.3, -0.25) is 19.4 Å². The van der Waals surface area contributed by atoms with Gasteiger partial charge in [0.1, 0.15) is 23.1 Å². The van der Waals surface area contributed by atoms with E-state index in [1.807, 2.05) is 0 Å². The van der Waals surface area contributed by atoms with Crippen molar-refractivity contribution in [3.8, 4) is 5.75 Å². The average molecular weight is 522 g/mol. The quantitative estimate of drug-likeness (QED) is 0.333. The van der Waals surface area contributed by atoms with Crippen LogP contribution in [0.15, 0.2) is 47.0 Å². The summed E-state index contributed by atoms with van der Waals surface area (Å²) in [6.07, 6.45) is 1.57. The first kappa shape index (κ1) is 25.2. The predicted octanol–water partition coefficient (Wildman–Crippen LogP) is 1.72. The number of pyridine rings is 1. The summed E-state index contributed by atoms with van der Waals surface area (Å²) in [5.74, 6) is -1.40. The zero-order valence-corrected chi connectivity index (χ0v) is 21.1. The minimum atomic E-state index is -1.79. The maximum atomic E-state index is 13.9. The number of imide groups is 1. The molecular weight excluding hydrogens is 494 g/mol. The van der Waals surface area contributed by atoms with Gasteiger partial charge in [0.25, 0.3) is 11.8 Å². The molecule has 198 valence electrons. The van der Waals surface area contributed by atoms with Crippen LogP contribution in [0.5, 0.6) is 5.75 Å². The van der Waals surface area contributed by atoms with Gasteiger partial charge in [0.15, 0.2) is 17.9 Å². The number of hydrogen-bond donors (Lipinski definition) is 2. The molecule has 2 atom stereocenters. The molecule has 0 spiro atoms. The molecule has 12 nitrogen and oxygen atoms in total. The third-order valence-corrected chi connectivity index (χ3v) is 6.83. The van der Waals surface area contributed by atoms with Crippen molar-refractivity contribution in [2.75, 3.05) is 20.4 Å². The molecule has 3 N–H and O–H groups in total. The fraction of sp³-hybridized carbons (Fsp3) is 0.346. The Balaban J connectivity index is 1.48. The lowest BCUT2D eigenvalue weighted by Gasteiger charge is -2.29. The van der Waals surface area contributed by atoms with Crippen LogP contribution in [0, 0.1) is 5.92 Å². The van der Waals surface area contributed by atoms with E-state index in [1.54, 1.807) is 56.4 Å². The molecule has 4 amide bonds. The van der Waals surface area contributed by atoms with Crippen molar-refractivity contribution >= 4 is 34.9 Å². The molecule has 2 aliphatic rings. The van der Waals surface area contributed by atoms with E-state index in [0.717, 1.165) is 10.5 Å². The first-order valence-corrected chi connectivity index (χ1v) is 12.0. The Kier molecular flexibility index (Phi) is 6.27. The van der Waals surface area contributed by atoms with Gasteiger partial charge in [-0.05, 0) is 35.7 Å². The topological polar surface area (TPSA) is 157 Å². The highest BCUT2D eigenvalue weighted by molar-refractivity contribution is 6.08. The third-order valence-electron chi connectivity index (χ3n) is 6.83. The zero-order chi connectivity index (χ0) is 27.2. The molecule has 0 radical (unpaired) electrons. The fourth-order valence-corrected chi connectivity index (χ4v) is 4.55. The normalized spacial score (nSPS) is 19.8. The zero-order valence-electron chi connectivity index (χ0n) is 21.1. The Labute approximate surface area is 217 Å². The van der Waals surface area contributed by atoms with Gasteiger partial charge in [0, 0.05) is 24.4 Å². The highest BCUT2D eigenvalue weighted by atomic mass is 16.5. The van der Waals surface area contributed by atoms with E-state index >= 15 is 0 Å². The van der Waals surface area contributed by atoms with E-state index in [2.05, 4.69) is 10.3 Å². The Morgan fingerprint density at radius 3 is 2.74 bits per heavy atom. The van der Waals surface area contributed by atoms with E-state index < -0.39 is 36.2 Å². The monoisotopic (exact) mass is 521 g/mol. The molecule has 0 saturated carbocycles. The number of amides is 4. The second kappa shape index (κ2) is 9.45. The number of carbonyl (C=O) groups is 4. The summed E-state index contributed by atoms with van der Waals surface area (Å²) in [7, 11) is 1.51. The summed E-state index contributed by atoms with van der Waals surface area (Å²) in [6, 6.07) is 8.34. The van der Waals surface area contributed by atoms with E-state index in [0.29, 0.717) is 22.4 Å². The van der Waals surface area contributed by atoms with Crippen LogP contribution in [0.1, 0.15) is 35.5 Å². The minimum absolute atomic E-state index is 0.0959. The lowest BCUT2D eigenvalue weighted by molar-refractivity contribution is -0.152. The van der Waals surface area contributed by atoms with Crippen LogP contribution >= 0.6 is 0 Å². The number of hydrogen-bond acceptors (Lipinski definition) is 9. The highest BCUT2D eigenvalue weighted by Crippen LogP contribution is 2.36. The summed E-state index contributed by atoms with van der Waals surface area (Å²) < 4.78 is 16.4.